The number of carbonyl (C=O) groups is 1. The van der Waals surface area contributed by atoms with Gasteiger partial charge in [-0.25, -0.2) is 0 Å². The molecule has 1 aliphatic rings. The molecule has 0 saturated carbocycles. The fraction of sp³-hybridized carbons (Fsp3) is 0.500. The third-order valence-electron chi connectivity index (χ3n) is 3.46. The van der Waals surface area contributed by atoms with E-state index in [0.717, 1.165) is 44.0 Å². The SMILES string of the molecule is COc1cc(N)cc(N2CCCN(C(C)=O)CC2)c1. The number of ether oxygens (including phenoxy) is 1. The van der Waals surface area contributed by atoms with E-state index in [1.165, 1.54) is 0 Å². The fourth-order valence-electron chi connectivity index (χ4n) is 2.40. The molecule has 2 N–H and O–H groups in total. The number of carbonyl (C=O) groups excluding carboxylic acids is 1. The van der Waals surface area contributed by atoms with Gasteiger partial charge in [-0.1, -0.05) is 0 Å². The van der Waals surface area contributed by atoms with Gasteiger partial charge in [-0.15, -0.1) is 0 Å². The summed E-state index contributed by atoms with van der Waals surface area (Å²) >= 11 is 0. The molecular weight excluding hydrogens is 242 g/mol. The minimum Gasteiger partial charge on any atom is -0.497 e. The molecule has 0 radical (unpaired) electrons. The average Bonchev–Trinajstić information content (AvgIpc) is 2.63. The van der Waals surface area contributed by atoms with Crippen molar-refractivity contribution in [1.82, 2.24) is 4.90 Å². The third-order valence-corrected chi connectivity index (χ3v) is 3.46. The highest BCUT2D eigenvalue weighted by atomic mass is 16.5. The zero-order valence-corrected chi connectivity index (χ0v) is 11.6. The van der Waals surface area contributed by atoms with Crippen molar-refractivity contribution in [3.05, 3.63) is 18.2 Å². The summed E-state index contributed by atoms with van der Waals surface area (Å²) in [5, 5.41) is 0. The van der Waals surface area contributed by atoms with Gasteiger partial charge in [0.1, 0.15) is 5.75 Å². The summed E-state index contributed by atoms with van der Waals surface area (Å²) in [7, 11) is 1.64. The van der Waals surface area contributed by atoms with Gasteiger partial charge in [0.2, 0.25) is 5.91 Å². The molecule has 1 amide bonds. The normalized spacial score (nSPS) is 16.1. The Balaban J connectivity index is 2.13. The first-order valence-corrected chi connectivity index (χ1v) is 6.55. The molecule has 0 aliphatic carbocycles. The summed E-state index contributed by atoms with van der Waals surface area (Å²) in [4.78, 5) is 15.6. The molecule has 1 aromatic carbocycles. The summed E-state index contributed by atoms with van der Waals surface area (Å²) in [6.07, 6.45) is 0.969. The van der Waals surface area contributed by atoms with Crippen molar-refractivity contribution in [3.63, 3.8) is 0 Å². The fourth-order valence-corrected chi connectivity index (χ4v) is 2.40. The Bertz CT molecular complexity index is 462. The zero-order valence-electron chi connectivity index (χ0n) is 11.6. The van der Waals surface area contributed by atoms with Crippen LogP contribution in [0.15, 0.2) is 18.2 Å². The number of hydrogen-bond donors (Lipinski definition) is 1. The van der Waals surface area contributed by atoms with E-state index in [9.17, 15) is 4.79 Å². The molecule has 1 saturated heterocycles. The van der Waals surface area contributed by atoms with Crippen LogP contribution in [0.25, 0.3) is 0 Å². The van der Waals surface area contributed by atoms with Crippen molar-refractivity contribution in [2.24, 2.45) is 0 Å². The molecule has 1 fully saturated rings. The highest BCUT2D eigenvalue weighted by Gasteiger charge is 2.17. The maximum atomic E-state index is 11.4. The van der Waals surface area contributed by atoms with Crippen LogP contribution >= 0.6 is 0 Å². The number of anilines is 2. The second kappa shape index (κ2) is 5.82. The Kier molecular flexibility index (Phi) is 4.14. The summed E-state index contributed by atoms with van der Waals surface area (Å²) < 4.78 is 5.25. The lowest BCUT2D eigenvalue weighted by Crippen LogP contribution is -2.33. The lowest BCUT2D eigenvalue weighted by atomic mass is 10.2. The summed E-state index contributed by atoms with van der Waals surface area (Å²) in [6.45, 7) is 4.96. The van der Waals surface area contributed by atoms with Crippen LogP contribution in [0.1, 0.15) is 13.3 Å². The van der Waals surface area contributed by atoms with Gasteiger partial charge in [-0.05, 0) is 12.5 Å². The van der Waals surface area contributed by atoms with Gasteiger partial charge in [0.25, 0.3) is 0 Å². The predicted molar refractivity (Wildman–Crippen MR) is 76.5 cm³/mol. The molecule has 0 bridgehead atoms. The van der Waals surface area contributed by atoms with Gasteiger partial charge in [0.15, 0.2) is 0 Å². The van der Waals surface area contributed by atoms with Gasteiger partial charge in [-0.3, -0.25) is 4.79 Å². The summed E-state index contributed by atoms with van der Waals surface area (Å²) in [6, 6.07) is 5.74. The lowest BCUT2D eigenvalue weighted by molar-refractivity contribution is -0.128. The maximum absolute atomic E-state index is 11.4. The Hall–Kier alpha value is -1.91. The molecule has 0 atom stereocenters. The summed E-state index contributed by atoms with van der Waals surface area (Å²) in [5.41, 5.74) is 7.64. The number of nitrogens with two attached hydrogens (primary N) is 1. The molecule has 5 nitrogen and oxygen atoms in total. The predicted octanol–water partition coefficient (Wildman–Crippen LogP) is 1.34. The lowest BCUT2D eigenvalue weighted by Gasteiger charge is -2.24. The smallest absolute Gasteiger partial charge is 0.219 e. The van der Waals surface area contributed by atoms with Crippen LogP contribution in [0.3, 0.4) is 0 Å². The van der Waals surface area contributed by atoms with Gasteiger partial charge >= 0.3 is 0 Å². The first kappa shape index (κ1) is 13.5. The average molecular weight is 263 g/mol. The Morgan fingerprint density at radius 3 is 2.68 bits per heavy atom. The molecule has 5 heteroatoms. The number of nitrogen functional groups attached to an aromatic ring is 1. The Labute approximate surface area is 113 Å². The first-order chi connectivity index (χ1) is 9.10. The highest BCUT2D eigenvalue weighted by Crippen LogP contribution is 2.26. The number of benzene rings is 1. The summed E-state index contributed by atoms with van der Waals surface area (Å²) in [5.74, 6) is 0.912. The van der Waals surface area contributed by atoms with E-state index >= 15 is 0 Å². The van der Waals surface area contributed by atoms with Crippen molar-refractivity contribution in [2.45, 2.75) is 13.3 Å². The second-order valence-electron chi connectivity index (χ2n) is 4.81. The van der Waals surface area contributed by atoms with Crippen LogP contribution in [-0.4, -0.2) is 44.1 Å². The van der Waals surface area contributed by atoms with Gasteiger partial charge in [0.05, 0.1) is 7.11 Å². The van der Waals surface area contributed by atoms with Gasteiger partial charge < -0.3 is 20.3 Å². The molecule has 1 aliphatic heterocycles. The topological polar surface area (TPSA) is 58.8 Å². The third kappa shape index (κ3) is 3.30. The molecule has 0 unspecified atom stereocenters. The number of hydrogen-bond acceptors (Lipinski definition) is 4. The molecular formula is C14H21N3O2. The Morgan fingerprint density at radius 2 is 2.00 bits per heavy atom. The number of rotatable bonds is 2. The monoisotopic (exact) mass is 263 g/mol. The van der Waals surface area contributed by atoms with Gasteiger partial charge in [-0.2, -0.15) is 0 Å². The van der Waals surface area contributed by atoms with Crippen LogP contribution in [-0.2, 0) is 4.79 Å². The van der Waals surface area contributed by atoms with Crippen molar-refractivity contribution < 1.29 is 9.53 Å². The minimum absolute atomic E-state index is 0.145. The van der Waals surface area contributed by atoms with E-state index in [1.807, 2.05) is 23.1 Å². The number of amides is 1. The quantitative estimate of drug-likeness (QED) is 0.818. The Morgan fingerprint density at radius 1 is 1.21 bits per heavy atom. The van der Waals surface area contributed by atoms with Crippen molar-refractivity contribution in [2.75, 3.05) is 43.9 Å². The number of methoxy groups -OCH3 is 1. The van der Waals surface area contributed by atoms with Crippen LogP contribution in [0.2, 0.25) is 0 Å². The number of nitrogens with zero attached hydrogens (tertiary/aromatic N) is 2. The van der Waals surface area contributed by atoms with E-state index in [1.54, 1.807) is 14.0 Å². The molecule has 0 spiro atoms. The molecule has 1 aromatic rings. The van der Waals surface area contributed by atoms with Crippen LogP contribution in [0.4, 0.5) is 11.4 Å². The molecule has 2 rings (SSSR count). The van der Waals surface area contributed by atoms with E-state index < -0.39 is 0 Å². The maximum Gasteiger partial charge on any atom is 0.219 e. The van der Waals surface area contributed by atoms with Crippen LogP contribution in [0.5, 0.6) is 5.75 Å². The zero-order chi connectivity index (χ0) is 13.8. The standard InChI is InChI=1S/C14H21N3O2/c1-11(18)16-4-3-5-17(7-6-16)13-8-12(15)9-14(10-13)19-2/h8-10H,3-7,15H2,1-2H3. The van der Waals surface area contributed by atoms with E-state index in [4.69, 9.17) is 10.5 Å². The van der Waals surface area contributed by atoms with Crippen molar-refractivity contribution in [3.8, 4) is 5.75 Å². The van der Waals surface area contributed by atoms with Crippen molar-refractivity contribution >= 4 is 17.3 Å². The molecule has 0 aromatic heterocycles. The molecule has 104 valence electrons. The van der Waals surface area contributed by atoms with Gasteiger partial charge in [0, 0.05) is 56.6 Å². The molecule has 19 heavy (non-hydrogen) atoms. The largest absolute Gasteiger partial charge is 0.497 e. The van der Waals surface area contributed by atoms with Crippen molar-refractivity contribution in [1.29, 1.82) is 0 Å². The second-order valence-corrected chi connectivity index (χ2v) is 4.81. The first-order valence-electron chi connectivity index (χ1n) is 6.55. The van der Waals surface area contributed by atoms with E-state index in [-0.39, 0.29) is 5.91 Å². The highest BCUT2D eigenvalue weighted by molar-refractivity contribution is 5.73. The van der Waals surface area contributed by atoms with E-state index in [2.05, 4.69) is 4.90 Å². The van der Waals surface area contributed by atoms with Crippen LogP contribution < -0.4 is 15.4 Å². The van der Waals surface area contributed by atoms with Crippen LogP contribution in [0, 0.1) is 0 Å². The molecule has 1 heterocycles. The van der Waals surface area contributed by atoms with E-state index in [0.29, 0.717) is 5.69 Å². The minimum atomic E-state index is 0.145.